The fourth-order valence-corrected chi connectivity index (χ4v) is 13.0. The van der Waals surface area contributed by atoms with Gasteiger partial charge in [0.1, 0.15) is 73.2 Å². The molecule has 0 aromatic carbocycles. The summed E-state index contributed by atoms with van der Waals surface area (Å²) in [6, 6.07) is -0.995. The smallest absolute Gasteiger partial charge is 0.220 e. The van der Waals surface area contributed by atoms with Gasteiger partial charge in [-0.25, -0.2) is 0 Å². The van der Waals surface area contributed by atoms with Crippen molar-refractivity contribution in [2.75, 3.05) is 26.4 Å². The van der Waals surface area contributed by atoms with E-state index in [2.05, 4.69) is 43.5 Å². The first-order valence-corrected chi connectivity index (χ1v) is 38.2. The number of ether oxygens (including phenoxy) is 6. The maximum Gasteiger partial charge on any atom is 0.220 e. The van der Waals surface area contributed by atoms with Gasteiger partial charge in [-0.3, -0.25) is 4.79 Å². The average molecular weight is 1340 g/mol. The predicted octanol–water partition coefficient (Wildman–Crippen LogP) is 11.6. The summed E-state index contributed by atoms with van der Waals surface area (Å²) >= 11 is 0. The van der Waals surface area contributed by atoms with Gasteiger partial charge in [0.25, 0.3) is 0 Å². The molecule has 0 saturated carbocycles. The number of rotatable bonds is 60. The van der Waals surface area contributed by atoms with Gasteiger partial charge in [0.15, 0.2) is 18.9 Å². The van der Waals surface area contributed by atoms with Gasteiger partial charge >= 0.3 is 0 Å². The van der Waals surface area contributed by atoms with Crippen molar-refractivity contribution in [3.05, 3.63) is 36.5 Å². The second kappa shape index (κ2) is 56.7. The lowest BCUT2D eigenvalue weighted by molar-refractivity contribution is -0.379. The first kappa shape index (κ1) is 86.2. The molecule has 3 saturated heterocycles. The van der Waals surface area contributed by atoms with Crippen LogP contribution in [0.15, 0.2) is 36.5 Å². The molecular weight excluding hydrogens is 1200 g/mol. The normalized spacial score (nSPS) is 27.5. The van der Waals surface area contributed by atoms with Gasteiger partial charge in [0, 0.05) is 6.42 Å². The van der Waals surface area contributed by atoms with E-state index >= 15 is 0 Å². The van der Waals surface area contributed by atoms with Crippen LogP contribution in [-0.4, -0.2) is 193 Å². The Kier molecular flexibility index (Phi) is 52.0. The molecule has 0 radical (unpaired) electrons. The van der Waals surface area contributed by atoms with Crippen molar-refractivity contribution < 1.29 is 89.4 Å². The van der Waals surface area contributed by atoms with E-state index in [-0.39, 0.29) is 18.9 Å². The zero-order valence-electron chi connectivity index (χ0n) is 58.7. The highest BCUT2D eigenvalue weighted by molar-refractivity contribution is 5.76. The summed E-state index contributed by atoms with van der Waals surface area (Å²) in [6.45, 7) is 1.75. The van der Waals surface area contributed by atoms with Gasteiger partial charge < -0.3 is 89.9 Å². The predicted molar refractivity (Wildman–Crippen MR) is 369 cm³/mol. The molecule has 0 aromatic heterocycles. The minimum atomic E-state index is -1.98. The van der Waals surface area contributed by atoms with Crippen molar-refractivity contribution in [3.63, 3.8) is 0 Å². The fourth-order valence-electron chi connectivity index (χ4n) is 13.0. The van der Waals surface area contributed by atoms with Crippen molar-refractivity contribution in [2.45, 2.75) is 407 Å². The summed E-state index contributed by atoms with van der Waals surface area (Å²) in [5.41, 5.74) is 0. The highest BCUT2D eigenvalue weighted by atomic mass is 16.8. The van der Waals surface area contributed by atoms with E-state index in [1.54, 1.807) is 6.08 Å². The van der Waals surface area contributed by atoms with E-state index in [9.17, 15) is 61.0 Å². The summed E-state index contributed by atoms with van der Waals surface area (Å²) in [5, 5.41) is 121. The Bertz CT molecular complexity index is 1840. The first-order chi connectivity index (χ1) is 45.8. The van der Waals surface area contributed by atoms with Crippen LogP contribution in [0.2, 0.25) is 0 Å². The average Bonchev–Trinajstić information content (AvgIpc) is 0.787. The van der Waals surface area contributed by atoms with E-state index < -0.39 is 124 Å². The Balaban J connectivity index is 1.42. The first-order valence-electron chi connectivity index (χ1n) is 38.2. The molecule has 3 rings (SSSR count). The number of hydrogen-bond donors (Lipinski definition) is 12. The van der Waals surface area contributed by atoms with Crippen LogP contribution in [0, 0.1) is 0 Å². The quantitative estimate of drug-likeness (QED) is 0.0199. The molecule has 17 unspecified atom stereocenters. The maximum atomic E-state index is 13.4. The maximum absolute atomic E-state index is 13.4. The Morgan fingerprint density at radius 3 is 1.06 bits per heavy atom. The highest BCUT2D eigenvalue weighted by Crippen LogP contribution is 2.33. The Hall–Kier alpha value is -1.99. The second-order valence-corrected chi connectivity index (χ2v) is 27.5. The van der Waals surface area contributed by atoms with Crippen molar-refractivity contribution in [3.8, 4) is 0 Å². The molecule has 3 aliphatic rings. The summed E-state index contributed by atoms with van der Waals surface area (Å²) in [5.74, 6) is -0.284. The number of amides is 1. The van der Waals surface area contributed by atoms with Gasteiger partial charge in [-0.2, -0.15) is 0 Å². The second-order valence-electron chi connectivity index (χ2n) is 27.5. The number of aliphatic hydroxyl groups is 11. The van der Waals surface area contributed by atoms with E-state index in [0.717, 1.165) is 44.9 Å². The van der Waals surface area contributed by atoms with E-state index in [4.69, 9.17) is 28.4 Å². The van der Waals surface area contributed by atoms with Gasteiger partial charge in [0.05, 0.1) is 38.6 Å². The van der Waals surface area contributed by atoms with Gasteiger partial charge in [-0.05, 0) is 44.9 Å². The van der Waals surface area contributed by atoms with E-state index in [0.29, 0.717) is 12.8 Å². The van der Waals surface area contributed by atoms with Crippen LogP contribution in [0.3, 0.4) is 0 Å². The van der Waals surface area contributed by atoms with Crippen LogP contribution in [0.1, 0.15) is 303 Å². The minimum absolute atomic E-state index is 0.236. The number of hydrogen-bond acceptors (Lipinski definition) is 18. The molecule has 1 amide bonds. The summed E-state index contributed by atoms with van der Waals surface area (Å²) < 4.78 is 34.4. The van der Waals surface area contributed by atoms with Crippen molar-refractivity contribution in [2.24, 2.45) is 0 Å². The van der Waals surface area contributed by atoms with Crippen molar-refractivity contribution in [1.82, 2.24) is 5.32 Å². The third-order valence-electron chi connectivity index (χ3n) is 19.2. The highest BCUT2D eigenvalue weighted by Gasteiger charge is 2.53. The third-order valence-corrected chi connectivity index (χ3v) is 19.2. The third kappa shape index (κ3) is 37.4. The summed E-state index contributed by atoms with van der Waals surface area (Å²) in [4.78, 5) is 13.4. The summed E-state index contributed by atoms with van der Waals surface area (Å²) in [6.07, 6.45) is 41.3. The van der Waals surface area contributed by atoms with Gasteiger partial charge in [0.2, 0.25) is 5.91 Å². The van der Waals surface area contributed by atoms with Crippen molar-refractivity contribution >= 4 is 5.91 Å². The molecule has 3 heterocycles. The van der Waals surface area contributed by atoms with E-state index in [1.807, 2.05) is 6.08 Å². The Morgan fingerprint density at radius 1 is 0.372 bits per heavy atom. The van der Waals surface area contributed by atoms with E-state index in [1.165, 1.54) is 225 Å². The number of nitrogens with one attached hydrogen (secondary N) is 1. The zero-order chi connectivity index (χ0) is 68.2. The molecule has 94 heavy (non-hydrogen) atoms. The molecule has 0 spiro atoms. The monoisotopic (exact) mass is 1340 g/mol. The number of carbonyl (C=O) groups excluding carboxylic acids is 1. The molecule has 3 aliphatic heterocycles. The van der Waals surface area contributed by atoms with Gasteiger partial charge in [-0.15, -0.1) is 0 Å². The molecular formula is C75H139NO18. The lowest BCUT2D eigenvalue weighted by Crippen LogP contribution is -2.66. The lowest BCUT2D eigenvalue weighted by atomic mass is 9.96. The molecule has 552 valence electrons. The van der Waals surface area contributed by atoms with Crippen LogP contribution < -0.4 is 5.32 Å². The van der Waals surface area contributed by atoms with Crippen LogP contribution in [0.5, 0.6) is 0 Å². The molecule has 12 N–H and O–H groups in total. The van der Waals surface area contributed by atoms with Gasteiger partial charge in [-0.1, -0.05) is 288 Å². The minimum Gasteiger partial charge on any atom is -0.394 e. The molecule has 0 aromatic rings. The van der Waals surface area contributed by atoms with Crippen molar-refractivity contribution in [1.29, 1.82) is 0 Å². The topological polar surface area (TPSA) is 307 Å². The van der Waals surface area contributed by atoms with Crippen LogP contribution >= 0.6 is 0 Å². The lowest BCUT2D eigenvalue weighted by Gasteiger charge is -2.48. The standard InChI is InChI=1S/C75H139NO18/c1-3-5-7-9-11-13-15-17-19-21-23-25-27-28-29-30-31-32-34-36-38-40-42-44-46-48-50-52-59(80)58(76-63(81)53-51-49-47-45-43-41-39-37-35-33-26-24-22-20-18-16-14-12-10-8-6-4-2)57-89-73-69(87)66(84)71(61(55-78)91-73)94-75-70(88)67(85)72(62(56-79)92-75)93-74-68(86)65(83)64(82)60(54-77)90-74/h34,36,42,44,50,52,58-62,64-75,77-80,82-88H,3-33,35,37-41,43,45-49,51,53-57H2,1-2H3,(H,76,81)/b36-34+,44-42+,52-50+. The van der Waals surface area contributed by atoms with Crippen LogP contribution in [-0.2, 0) is 33.2 Å². The summed E-state index contributed by atoms with van der Waals surface area (Å²) in [7, 11) is 0. The van der Waals surface area contributed by atoms with Crippen LogP contribution in [0.25, 0.3) is 0 Å². The molecule has 0 aliphatic carbocycles. The molecule has 17 atom stereocenters. The molecule has 0 bridgehead atoms. The number of allylic oxidation sites excluding steroid dienone is 5. The molecule has 19 nitrogen and oxygen atoms in total. The Labute approximate surface area is 568 Å². The SMILES string of the molecule is CCCCCCCCCCCCCCCCCCC/C=C/CC/C=C/CC/C=C/C(O)C(COC1OC(CO)C(OC2OC(CO)C(OC3OC(CO)C(O)C(O)C3O)C(O)C2O)C(O)C1O)NC(=O)CCCCCCCCCCCCCCCCCCCCCCCC. The zero-order valence-corrected chi connectivity index (χ0v) is 58.7. The molecule has 3 fully saturated rings. The largest absolute Gasteiger partial charge is 0.394 e. The Morgan fingerprint density at radius 2 is 0.681 bits per heavy atom. The number of carbonyl (C=O) groups is 1. The molecule has 19 heteroatoms. The fraction of sp³-hybridized carbons (Fsp3) is 0.907. The van der Waals surface area contributed by atoms with Crippen LogP contribution in [0.4, 0.5) is 0 Å². The number of aliphatic hydroxyl groups excluding tert-OH is 11. The number of unbranched alkanes of at least 4 members (excludes halogenated alkanes) is 40.